The molecule has 1 saturated carbocycles. The van der Waals surface area contributed by atoms with E-state index in [1.165, 1.54) is 31.9 Å². The van der Waals surface area contributed by atoms with E-state index in [0.29, 0.717) is 13.1 Å². The van der Waals surface area contributed by atoms with Crippen molar-refractivity contribution in [1.82, 2.24) is 9.88 Å². The lowest BCUT2D eigenvalue weighted by Crippen LogP contribution is -2.51. The minimum atomic E-state index is -0.270. The first-order valence-corrected chi connectivity index (χ1v) is 7.17. The number of hydrogen-bond acceptors (Lipinski definition) is 3. The molecule has 0 atom stereocenters. The Morgan fingerprint density at radius 3 is 2.53 bits per heavy atom. The first-order valence-electron chi connectivity index (χ1n) is 7.17. The van der Waals surface area contributed by atoms with Crippen molar-refractivity contribution in [3.05, 3.63) is 29.8 Å². The van der Waals surface area contributed by atoms with Gasteiger partial charge in [-0.15, -0.1) is 0 Å². The second-order valence-corrected chi connectivity index (χ2v) is 5.71. The molecule has 2 rings (SSSR count). The van der Waals surface area contributed by atoms with Crippen molar-refractivity contribution in [3.8, 4) is 0 Å². The molecule has 1 aromatic rings. The summed E-state index contributed by atoms with van der Waals surface area (Å²) in [6, 6.07) is 1.56. The molecule has 19 heavy (non-hydrogen) atoms. The summed E-state index contributed by atoms with van der Waals surface area (Å²) < 4.78 is 13.2. The van der Waals surface area contributed by atoms with Gasteiger partial charge in [0.2, 0.25) is 0 Å². The van der Waals surface area contributed by atoms with Crippen LogP contribution in [-0.2, 0) is 6.54 Å². The summed E-state index contributed by atoms with van der Waals surface area (Å²) in [6.07, 6.45) is 10.3. The number of aromatic nitrogens is 1. The van der Waals surface area contributed by atoms with Crippen LogP contribution in [0.5, 0.6) is 0 Å². The van der Waals surface area contributed by atoms with E-state index >= 15 is 0 Å². The predicted octanol–water partition coefficient (Wildman–Crippen LogP) is 2.70. The molecule has 2 N–H and O–H groups in total. The Labute approximate surface area is 115 Å². The highest BCUT2D eigenvalue weighted by atomic mass is 19.1. The Bertz CT molecular complexity index is 400. The number of pyridine rings is 1. The third-order valence-corrected chi connectivity index (χ3v) is 4.41. The Morgan fingerprint density at radius 2 is 1.95 bits per heavy atom. The summed E-state index contributed by atoms with van der Waals surface area (Å²) in [4.78, 5) is 6.22. The van der Waals surface area contributed by atoms with Gasteiger partial charge in [-0.1, -0.05) is 25.7 Å². The molecular weight excluding hydrogens is 241 g/mol. The third-order valence-electron chi connectivity index (χ3n) is 4.41. The van der Waals surface area contributed by atoms with Crippen LogP contribution in [0.25, 0.3) is 0 Å². The second-order valence-electron chi connectivity index (χ2n) is 5.71. The van der Waals surface area contributed by atoms with Crippen molar-refractivity contribution in [3.63, 3.8) is 0 Å². The molecule has 1 aromatic heterocycles. The molecule has 0 bridgehead atoms. The maximum absolute atomic E-state index is 13.2. The highest BCUT2D eigenvalue weighted by Crippen LogP contribution is 2.31. The number of nitrogens with zero attached hydrogens (tertiary/aromatic N) is 2. The van der Waals surface area contributed by atoms with Crippen molar-refractivity contribution in [2.75, 3.05) is 13.6 Å². The van der Waals surface area contributed by atoms with Crippen molar-refractivity contribution in [1.29, 1.82) is 0 Å². The van der Waals surface area contributed by atoms with Gasteiger partial charge in [-0.25, -0.2) is 4.39 Å². The van der Waals surface area contributed by atoms with E-state index in [1.807, 2.05) is 0 Å². The second kappa shape index (κ2) is 6.44. The Kier molecular flexibility index (Phi) is 4.88. The molecule has 4 heteroatoms. The summed E-state index contributed by atoms with van der Waals surface area (Å²) in [5, 5.41) is 0. The largest absolute Gasteiger partial charge is 0.329 e. The SMILES string of the molecule is CN(Cc1cncc(F)c1)C1(CN)CCCCCC1. The zero-order valence-corrected chi connectivity index (χ0v) is 11.7. The maximum atomic E-state index is 13.2. The van der Waals surface area contributed by atoms with Crippen LogP contribution in [0.2, 0.25) is 0 Å². The molecule has 1 heterocycles. The van der Waals surface area contributed by atoms with Crippen molar-refractivity contribution < 1.29 is 4.39 Å². The van der Waals surface area contributed by atoms with E-state index in [0.717, 1.165) is 18.4 Å². The summed E-state index contributed by atoms with van der Waals surface area (Å²) in [7, 11) is 2.10. The minimum absolute atomic E-state index is 0.0722. The van der Waals surface area contributed by atoms with Crippen LogP contribution in [0.4, 0.5) is 4.39 Å². The van der Waals surface area contributed by atoms with E-state index in [1.54, 1.807) is 12.3 Å². The molecule has 0 aliphatic heterocycles. The van der Waals surface area contributed by atoms with Gasteiger partial charge in [0.1, 0.15) is 5.82 Å². The smallest absolute Gasteiger partial charge is 0.141 e. The fourth-order valence-electron chi connectivity index (χ4n) is 3.11. The first-order chi connectivity index (χ1) is 9.16. The zero-order valence-electron chi connectivity index (χ0n) is 11.7. The molecule has 106 valence electrons. The van der Waals surface area contributed by atoms with E-state index in [9.17, 15) is 4.39 Å². The van der Waals surface area contributed by atoms with Crippen molar-refractivity contribution >= 4 is 0 Å². The van der Waals surface area contributed by atoms with E-state index < -0.39 is 0 Å². The van der Waals surface area contributed by atoms with Gasteiger partial charge in [-0.2, -0.15) is 0 Å². The molecule has 1 aliphatic rings. The van der Waals surface area contributed by atoms with Gasteiger partial charge in [-0.05, 0) is 31.5 Å². The molecule has 0 unspecified atom stereocenters. The lowest BCUT2D eigenvalue weighted by molar-refractivity contribution is 0.0995. The molecule has 1 aliphatic carbocycles. The molecule has 0 radical (unpaired) electrons. The summed E-state index contributed by atoms with van der Waals surface area (Å²) >= 11 is 0. The third kappa shape index (κ3) is 3.51. The summed E-state index contributed by atoms with van der Waals surface area (Å²) in [5.41, 5.74) is 7.05. The van der Waals surface area contributed by atoms with Crippen LogP contribution in [0.1, 0.15) is 44.1 Å². The van der Waals surface area contributed by atoms with Gasteiger partial charge in [-0.3, -0.25) is 9.88 Å². The maximum Gasteiger partial charge on any atom is 0.141 e. The Balaban J connectivity index is 2.09. The average Bonchev–Trinajstić information content (AvgIpc) is 2.65. The Hall–Kier alpha value is -1.00. The van der Waals surface area contributed by atoms with Crippen LogP contribution in [0, 0.1) is 5.82 Å². The standard InChI is InChI=1S/C15H24FN3/c1-19(11-13-8-14(16)10-18-9-13)15(12-17)6-4-2-3-5-7-15/h8-10H,2-7,11-12,17H2,1H3. The Morgan fingerprint density at radius 1 is 1.26 bits per heavy atom. The zero-order chi connectivity index (χ0) is 13.7. The van der Waals surface area contributed by atoms with Crippen molar-refractivity contribution in [2.45, 2.75) is 50.6 Å². The van der Waals surface area contributed by atoms with Crippen LogP contribution in [0.3, 0.4) is 0 Å². The topological polar surface area (TPSA) is 42.2 Å². The summed E-state index contributed by atoms with van der Waals surface area (Å²) in [5.74, 6) is -0.270. The molecule has 0 spiro atoms. The lowest BCUT2D eigenvalue weighted by Gasteiger charge is -2.41. The van der Waals surface area contributed by atoms with Crippen LogP contribution < -0.4 is 5.73 Å². The first kappa shape index (κ1) is 14.4. The monoisotopic (exact) mass is 265 g/mol. The molecule has 0 aromatic carbocycles. The highest BCUT2D eigenvalue weighted by molar-refractivity contribution is 5.11. The molecule has 0 amide bonds. The molecule has 1 fully saturated rings. The normalized spacial score (nSPS) is 19.4. The fraction of sp³-hybridized carbons (Fsp3) is 0.667. The average molecular weight is 265 g/mol. The summed E-state index contributed by atoms with van der Waals surface area (Å²) in [6.45, 7) is 1.38. The van der Waals surface area contributed by atoms with E-state index in [-0.39, 0.29) is 11.4 Å². The number of halogens is 1. The van der Waals surface area contributed by atoms with Gasteiger partial charge < -0.3 is 5.73 Å². The van der Waals surface area contributed by atoms with Gasteiger partial charge in [0, 0.05) is 24.8 Å². The molecule has 0 saturated heterocycles. The fourth-order valence-corrected chi connectivity index (χ4v) is 3.11. The highest BCUT2D eigenvalue weighted by Gasteiger charge is 2.33. The molecular formula is C15H24FN3. The van der Waals surface area contributed by atoms with Gasteiger partial charge in [0.25, 0.3) is 0 Å². The van der Waals surface area contributed by atoms with Crippen LogP contribution in [-0.4, -0.2) is 29.0 Å². The van der Waals surface area contributed by atoms with Gasteiger partial charge in [0.05, 0.1) is 6.20 Å². The molecule has 3 nitrogen and oxygen atoms in total. The van der Waals surface area contributed by atoms with Crippen LogP contribution in [0.15, 0.2) is 18.5 Å². The van der Waals surface area contributed by atoms with Gasteiger partial charge >= 0.3 is 0 Å². The minimum Gasteiger partial charge on any atom is -0.329 e. The lowest BCUT2D eigenvalue weighted by atomic mass is 9.88. The predicted molar refractivity (Wildman–Crippen MR) is 75.1 cm³/mol. The van der Waals surface area contributed by atoms with Gasteiger partial charge in [0.15, 0.2) is 0 Å². The quantitative estimate of drug-likeness (QED) is 0.851. The number of nitrogens with two attached hydrogens (primary N) is 1. The number of rotatable bonds is 4. The van der Waals surface area contributed by atoms with Crippen molar-refractivity contribution in [2.24, 2.45) is 5.73 Å². The van der Waals surface area contributed by atoms with Crippen LogP contribution >= 0.6 is 0 Å². The van der Waals surface area contributed by atoms with E-state index in [4.69, 9.17) is 5.73 Å². The number of likely N-dealkylation sites (N-methyl/N-ethyl adjacent to an activating group) is 1. The van der Waals surface area contributed by atoms with E-state index in [2.05, 4.69) is 16.9 Å². The number of hydrogen-bond donors (Lipinski definition) is 1.